The van der Waals surface area contributed by atoms with E-state index in [9.17, 15) is 4.79 Å². The second-order valence-corrected chi connectivity index (χ2v) is 5.65. The highest BCUT2D eigenvalue weighted by Gasteiger charge is 2.15. The van der Waals surface area contributed by atoms with Crippen molar-refractivity contribution in [3.8, 4) is 5.75 Å². The molecule has 1 amide bonds. The molecule has 1 saturated heterocycles. The zero-order chi connectivity index (χ0) is 15.4. The molecule has 5 nitrogen and oxygen atoms in total. The Bertz CT molecular complexity index is 644. The molecule has 5 heteroatoms. The number of carbonyl (C=O) groups excluding carboxylic acids is 1. The molecule has 3 rings (SSSR count). The van der Waals surface area contributed by atoms with Crippen LogP contribution >= 0.6 is 0 Å². The summed E-state index contributed by atoms with van der Waals surface area (Å²) >= 11 is 0. The normalized spacial score (nSPS) is 15.3. The van der Waals surface area contributed by atoms with Gasteiger partial charge in [-0.2, -0.15) is 0 Å². The zero-order valence-electron chi connectivity index (χ0n) is 12.9. The van der Waals surface area contributed by atoms with Gasteiger partial charge in [-0.1, -0.05) is 12.1 Å². The quantitative estimate of drug-likeness (QED) is 0.834. The van der Waals surface area contributed by atoms with E-state index in [-0.39, 0.29) is 5.91 Å². The lowest BCUT2D eigenvalue weighted by Gasteiger charge is -2.13. The third-order valence-corrected chi connectivity index (χ3v) is 4.09. The first kappa shape index (κ1) is 14.9. The summed E-state index contributed by atoms with van der Waals surface area (Å²) in [5.41, 5.74) is 0.618. The first-order valence-electron chi connectivity index (χ1n) is 7.85. The number of nitrogens with zero attached hydrogens (tertiary/aromatic N) is 1. The molecular formula is C17H22N2O3. The predicted molar refractivity (Wildman–Crippen MR) is 85.4 cm³/mol. The second-order valence-electron chi connectivity index (χ2n) is 5.65. The monoisotopic (exact) mass is 302 g/mol. The number of hydrogen-bond donors (Lipinski definition) is 1. The van der Waals surface area contributed by atoms with Crippen LogP contribution in [0.25, 0.3) is 11.0 Å². The highest BCUT2D eigenvalue weighted by Crippen LogP contribution is 2.28. The summed E-state index contributed by atoms with van der Waals surface area (Å²) in [5.74, 6) is 0.811. The number of hydrogen-bond acceptors (Lipinski definition) is 4. The lowest BCUT2D eigenvalue weighted by molar-refractivity contribution is 0.0926. The SMILES string of the molecule is COc1cccc2cc(C(=O)NCCCN3CCCC3)oc12. The second kappa shape index (κ2) is 6.83. The summed E-state index contributed by atoms with van der Waals surface area (Å²) in [6.07, 6.45) is 3.57. The van der Waals surface area contributed by atoms with Gasteiger partial charge in [0.15, 0.2) is 17.1 Å². The average Bonchev–Trinajstić information content (AvgIpc) is 3.19. The molecule has 1 aliphatic rings. The average molecular weight is 302 g/mol. The van der Waals surface area contributed by atoms with Crippen molar-refractivity contribution in [3.05, 3.63) is 30.0 Å². The van der Waals surface area contributed by atoms with Crippen molar-refractivity contribution in [2.45, 2.75) is 19.3 Å². The van der Waals surface area contributed by atoms with E-state index in [1.165, 1.54) is 25.9 Å². The van der Waals surface area contributed by atoms with E-state index in [2.05, 4.69) is 10.2 Å². The van der Waals surface area contributed by atoms with Crippen molar-refractivity contribution in [3.63, 3.8) is 0 Å². The first-order valence-corrected chi connectivity index (χ1v) is 7.85. The first-order chi connectivity index (χ1) is 10.8. The van der Waals surface area contributed by atoms with Crippen LogP contribution in [-0.2, 0) is 0 Å². The summed E-state index contributed by atoms with van der Waals surface area (Å²) in [5, 5.41) is 3.80. The Labute approximate surface area is 130 Å². The Morgan fingerprint density at radius 2 is 2.18 bits per heavy atom. The maximum Gasteiger partial charge on any atom is 0.287 e. The molecule has 0 radical (unpaired) electrons. The van der Waals surface area contributed by atoms with Gasteiger partial charge in [0.25, 0.3) is 5.91 Å². The van der Waals surface area contributed by atoms with Gasteiger partial charge < -0.3 is 19.4 Å². The van der Waals surface area contributed by atoms with Crippen LogP contribution in [0.2, 0.25) is 0 Å². The number of methoxy groups -OCH3 is 1. The smallest absolute Gasteiger partial charge is 0.287 e. The van der Waals surface area contributed by atoms with E-state index < -0.39 is 0 Å². The third-order valence-electron chi connectivity index (χ3n) is 4.09. The van der Waals surface area contributed by atoms with E-state index in [0.717, 1.165) is 18.4 Å². The van der Waals surface area contributed by atoms with Gasteiger partial charge in [0.1, 0.15) is 0 Å². The van der Waals surface area contributed by atoms with Gasteiger partial charge in [0.05, 0.1) is 7.11 Å². The van der Waals surface area contributed by atoms with Crippen LogP contribution in [0.5, 0.6) is 5.75 Å². The Hall–Kier alpha value is -2.01. The summed E-state index contributed by atoms with van der Waals surface area (Å²) in [4.78, 5) is 14.6. The summed E-state index contributed by atoms with van der Waals surface area (Å²) in [6.45, 7) is 4.10. The summed E-state index contributed by atoms with van der Waals surface area (Å²) in [6, 6.07) is 7.37. The van der Waals surface area contributed by atoms with Gasteiger partial charge in [-0.25, -0.2) is 0 Å². The van der Waals surface area contributed by atoms with Gasteiger partial charge in [0, 0.05) is 11.9 Å². The maximum absolute atomic E-state index is 12.2. The number of nitrogens with one attached hydrogen (secondary N) is 1. The molecule has 1 fully saturated rings. The van der Waals surface area contributed by atoms with Crippen LogP contribution in [0.4, 0.5) is 0 Å². The number of likely N-dealkylation sites (tertiary alicyclic amines) is 1. The van der Waals surface area contributed by atoms with Gasteiger partial charge in [-0.3, -0.25) is 4.79 Å². The van der Waals surface area contributed by atoms with Crippen molar-refractivity contribution in [2.24, 2.45) is 0 Å². The van der Waals surface area contributed by atoms with Crippen molar-refractivity contribution in [2.75, 3.05) is 33.3 Å². The minimum atomic E-state index is -0.167. The number of furan rings is 1. The Balaban J connectivity index is 1.55. The van der Waals surface area contributed by atoms with Gasteiger partial charge in [-0.15, -0.1) is 0 Å². The molecule has 0 aliphatic carbocycles. The van der Waals surface area contributed by atoms with Crippen molar-refractivity contribution in [1.29, 1.82) is 0 Å². The molecule has 1 N–H and O–H groups in total. The number of para-hydroxylation sites is 1. The molecule has 118 valence electrons. The number of rotatable bonds is 6. The fraction of sp³-hybridized carbons (Fsp3) is 0.471. The van der Waals surface area contributed by atoms with E-state index in [1.54, 1.807) is 13.2 Å². The van der Waals surface area contributed by atoms with E-state index in [4.69, 9.17) is 9.15 Å². The number of amides is 1. The largest absolute Gasteiger partial charge is 0.493 e. The lowest BCUT2D eigenvalue weighted by atomic mass is 10.2. The van der Waals surface area contributed by atoms with Crippen LogP contribution in [0.15, 0.2) is 28.7 Å². The predicted octanol–water partition coefficient (Wildman–Crippen LogP) is 2.66. The van der Waals surface area contributed by atoms with Gasteiger partial charge in [-0.05, 0) is 51.0 Å². The summed E-state index contributed by atoms with van der Waals surface area (Å²) < 4.78 is 10.9. The lowest BCUT2D eigenvalue weighted by Crippen LogP contribution is -2.28. The standard InChI is InChI=1S/C17H22N2O3/c1-21-14-7-4-6-13-12-15(22-16(13)14)17(20)18-8-5-11-19-9-2-3-10-19/h4,6-7,12H,2-3,5,8-11H2,1H3,(H,18,20). The minimum absolute atomic E-state index is 0.167. The molecule has 1 aromatic carbocycles. The van der Waals surface area contributed by atoms with Gasteiger partial charge in [0.2, 0.25) is 0 Å². The molecule has 0 bridgehead atoms. The van der Waals surface area contributed by atoms with Gasteiger partial charge >= 0.3 is 0 Å². The van der Waals surface area contributed by atoms with Crippen LogP contribution < -0.4 is 10.1 Å². The Morgan fingerprint density at radius 1 is 1.36 bits per heavy atom. The molecular weight excluding hydrogens is 280 g/mol. The number of benzene rings is 1. The molecule has 0 unspecified atom stereocenters. The highest BCUT2D eigenvalue weighted by molar-refractivity contribution is 5.97. The number of carbonyl (C=O) groups is 1. The fourth-order valence-electron chi connectivity index (χ4n) is 2.91. The van der Waals surface area contributed by atoms with E-state index >= 15 is 0 Å². The van der Waals surface area contributed by atoms with E-state index in [1.807, 2.05) is 18.2 Å². The highest BCUT2D eigenvalue weighted by atomic mass is 16.5. The van der Waals surface area contributed by atoms with Crippen LogP contribution in [0.1, 0.15) is 29.8 Å². The van der Waals surface area contributed by atoms with Crippen molar-refractivity contribution < 1.29 is 13.9 Å². The van der Waals surface area contributed by atoms with Crippen LogP contribution in [0, 0.1) is 0 Å². The van der Waals surface area contributed by atoms with E-state index in [0.29, 0.717) is 23.6 Å². The van der Waals surface area contributed by atoms with Crippen LogP contribution in [0.3, 0.4) is 0 Å². The maximum atomic E-state index is 12.2. The third kappa shape index (κ3) is 3.25. The van der Waals surface area contributed by atoms with Crippen molar-refractivity contribution in [1.82, 2.24) is 10.2 Å². The minimum Gasteiger partial charge on any atom is -0.493 e. The molecule has 0 saturated carbocycles. The molecule has 22 heavy (non-hydrogen) atoms. The molecule has 0 atom stereocenters. The molecule has 2 aromatic rings. The molecule has 2 heterocycles. The summed E-state index contributed by atoms with van der Waals surface area (Å²) in [7, 11) is 1.59. The number of fused-ring (bicyclic) bond motifs is 1. The van der Waals surface area contributed by atoms with Crippen molar-refractivity contribution >= 4 is 16.9 Å². The number of ether oxygens (including phenoxy) is 1. The molecule has 1 aliphatic heterocycles. The molecule has 1 aromatic heterocycles. The zero-order valence-corrected chi connectivity index (χ0v) is 12.9. The Kier molecular flexibility index (Phi) is 4.63. The topological polar surface area (TPSA) is 54.7 Å². The fourth-order valence-corrected chi connectivity index (χ4v) is 2.91. The van der Waals surface area contributed by atoms with Crippen LogP contribution in [-0.4, -0.2) is 44.1 Å². The Morgan fingerprint density at radius 3 is 2.95 bits per heavy atom. The molecule has 0 spiro atoms.